The fourth-order valence-corrected chi connectivity index (χ4v) is 5.63. The Labute approximate surface area is 137 Å². The van der Waals surface area contributed by atoms with Crippen molar-refractivity contribution in [3.63, 3.8) is 0 Å². The van der Waals surface area contributed by atoms with Gasteiger partial charge in [0, 0.05) is 26.2 Å². The van der Waals surface area contributed by atoms with Gasteiger partial charge in [-0.2, -0.15) is 17.0 Å². The molecule has 2 fully saturated rings. The number of hydrogen-bond donors (Lipinski definition) is 0. The molecule has 0 radical (unpaired) electrons. The number of nitrogens with zero attached hydrogens (tertiary/aromatic N) is 2. The molecule has 1 atom stereocenters. The van der Waals surface area contributed by atoms with Gasteiger partial charge in [-0.05, 0) is 43.4 Å². The zero-order chi connectivity index (χ0) is 16.4. The van der Waals surface area contributed by atoms with Crippen LogP contribution in [-0.4, -0.2) is 43.2 Å². The van der Waals surface area contributed by atoms with Crippen LogP contribution in [0.2, 0.25) is 0 Å². The van der Waals surface area contributed by atoms with Crippen molar-refractivity contribution in [2.45, 2.75) is 78.2 Å². The molecule has 0 bridgehead atoms. The second kappa shape index (κ2) is 7.18. The Morgan fingerprint density at radius 3 is 2.14 bits per heavy atom. The normalized spacial score (nSPS) is 27.0. The minimum absolute atomic E-state index is 0.209. The van der Waals surface area contributed by atoms with Gasteiger partial charge in [-0.25, -0.2) is 0 Å². The van der Waals surface area contributed by atoms with Crippen LogP contribution in [0.3, 0.4) is 0 Å². The van der Waals surface area contributed by atoms with Crippen molar-refractivity contribution in [3.05, 3.63) is 0 Å². The molecule has 1 saturated heterocycles. The molecule has 0 aromatic carbocycles. The Morgan fingerprint density at radius 2 is 1.55 bits per heavy atom. The molecule has 1 aliphatic carbocycles. The van der Waals surface area contributed by atoms with Gasteiger partial charge in [0.2, 0.25) is 0 Å². The fraction of sp³-hybridized carbons (Fsp3) is 1.00. The lowest BCUT2D eigenvalue weighted by molar-refractivity contribution is 0.215. The highest BCUT2D eigenvalue weighted by atomic mass is 32.2. The molecule has 4 nitrogen and oxygen atoms in total. The highest BCUT2D eigenvalue weighted by Crippen LogP contribution is 2.35. The summed E-state index contributed by atoms with van der Waals surface area (Å²) in [7, 11) is -1.50. The highest BCUT2D eigenvalue weighted by Gasteiger charge is 2.35. The number of hydrogen-bond acceptors (Lipinski definition) is 2. The molecule has 130 valence electrons. The molecule has 1 aliphatic heterocycles. The van der Waals surface area contributed by atoms with Gasteiger partial charge in [-0.15, -0.1) is 0 Å². The van der Waals surface area contributed by atoms with E-state index in [2.05, 4.69) is 20.8 Å². The zero-order valence-corrected chi connectivity index (χ0v) is 15.7. The van der Waals surface area contributed by atoms with Gasteiger partial charge in [0.1, 0.15) is 0 Å². The molecule has 22 heavy (non-hydrogen) atoms. The summed E-state index contributed by atoms with van der Waals surface area (Å²) in [5.74, 6) is 0.618. The van der Waals surface area contributed by atoms with Crippen LogP contribution in [0.15, 0.2) is 0 Å². The lowest BCUT2D eigenvalue weighted by Gasteiger charge is -2.34. The monoisotopic (exact) mass is 330 g/mol. The van der Waals surface area contributed by atoms with Crippen LogP contribution < -0.4 is 0 Å². The first kappa shape index (κ1) is 18.2. The van der Waals surface area contributed by atoms with Crippen molar-refractivity contribution in [1.82, 2.24) is 8.61 Å². The SMILES string of the molecule is CN(C1CCCCC1)S(=O)(=O)N1CCCC(C(C)(C)C)CC1. The Kier molecular flexibility index (Phi) is 5.95. The first-order valence-corrected chi connectivity index (χ1v) is 10.4. The second-order valence-corrected chi connectivity index (χ2v) is 10.2. The lowest BCUT2D eigenvalue weighted by atomic mass is 9.77. The third kappa shape index (κ3) is 4.24. The van der Waals surface area contributed by atoms with Crippen LogP contribution in [0, 0.1) is 11.3 Å². The first-order chi connectivity index (χ1) is 10.2. The summed E-state index contributed by atoms with van der Waals surface area (Å²) in [5.41, 5.74) is 0.273. The average Bonchev–Trinajstić information content (AvgIpc) is 2.73. The van der Waals surface area contributed by atoms with E-state index in [1.54, 1.807) is 15.7 Å². The molecule has 0 aromatic heterocycles. The van der Waals surface area contributed by atoms with Gasteiger partial charge in [0.25, 0.3) is 10.2 Å². The van der Waals surface area contributed by atoms with Crippen molar-refractivity contribution in [2.24, 2.45) is 11.3 Å². The van der Waals surface area contributed by atoms with Crippen LogP contribution in [0.25, 0.3) is 0 Å². The van der Waals surface area contributed by atoms with Crippen LogP contribution in [0.1, 0.15) is 72.1 Å². The van der Waals surface area contributed by atoms with Crippen molar-refractivity contribution < 1.29 is 8.42 Å². The Balaban J connectivity index is 2.02. The summed E-state index contributed by atoms with van der Waals surface area (Å²) in [6.07, 6.45) is 8.74. The molecular weight excluding hydrogens is 296 g/mol. The molecule has 0 aromatic rings. The van der Waals surface area contributed by atoms with Gasteiger partial charge < -0.3 is 0 Å². The van der Waals surface area contributed by atoms with E-state index in [1.165, 1.54) is 6.42 Å². The number of rotatable bonds is 3. The molecule has 0 N–H and O–H groups in total. The first-order valence-electron chi connectivity index (χ1n) is 8.96. The van der Waals surface area contributed by atoms with E-state index >= 15 is 0 Å². The van der Waals surface area contributed by atoms with Gasteiger partial charge in [0.15, 0.2) is 0 Å². The standard InChI is InChI=1S/C17H34N2O2S/c1-17(2,3)15-9-8-13-19(14-12-15)22(20,21)18(4)16-10-6-5-7-11-16/h15-16H,5-14H2,1-4H3. The fourth-order valence-electron chi connectivity index (χ4n) is 3.98. The maximum atomic E-state index is 12.9. The minimum atomic E-state index is -3.29. The van der Waals surface area contributed by atoms with Gasteiger partial charge >= 0.3 is 0 Å². The van der Waals surface area contributed by atoms with Crippen molar-refractivity contribution in [1.29, 1.82) is 0 Å². The molecule has 5 heteroatoms. The summed E-state index contributed by atoms with van der Waals surface area (Å²) in [5, 5.41) is 0. The van der Waals surface area contributed by atoms with Crippen molar-refractivity contribution in [2.75, 3.05) is 20.1 Å². The quantitative estimate of drug-likeness (QED) is 0.792. The topological polar surface area (TPSA) is 40.6 Å². The summed E-state index contributed by atoms with van der Waals surface area (Å²) < 4.78 is 29.3. The Morgan fingerprint density at radius 1 is 0.909 bits per heavy atom. The van der Waals surface area contributed by atoms with Crippen molar-refractivity contribution in [3.8, 4) is 0 Å². The van der Waals surface area contributed by atoms with Crippen molar-refractivity contribution >= 4 is 10.2 Å². The molecule has 0 spiro atoms. The molecule has 2 aliphatic rings. The predicted molar refractivity (Wildman–Crippen MR) is 91.9 cm³/mol. The van der Waals surface area contributed by atoms with E-state index in [-0.39, 0.29) is 11.5 Å². The smallest absolute Gasteiger partial charge is 0.195 e. The second-order valence-electron chi connectivity index (χ2n) is 8.21. The van der Waals surface area contributed by atoms with Crippen LogP contribution >= 0.6 is 0 Å². The van der Waals surface area contributed by atoms with E-state index in [0.717, 1.165) is 44.9 Å². The van der Waals surface area contributed by atoms with Crippen LogP contribution in [-0.2, 0) is 10.2 Å². The van der Waals surface area contributed by atoms with Crippen LogP contribution in [0.5, 0.6) is 0 Å². The maximum Gasteiger partial charge on any atom is 0.281 e. The van der Waals surface area contributed by atoms with Gasteiger partial charge in [-0.3, -0.25) is 0 Å². The van der Waals surface area contributed by atoms with Crippen LogP contribution in [0.4, 0.5) is 0 Å². The molecule has 1 saturated carbocycles. The zero-order valence-electron chi connectivity index (χ0n) is 14.8. The Hall–Kier alpha value is -0.130. The summed E-state index contributed by atoms with van der Waals surface area (Å²) >= 11 is 0. The molecule has 1 heterocycles. The predicted octanol–water partition coefficient (Wildman–Crippen LogP) is 3.64. The maximum absolute atomic E-state index is 12.9. The van der Waals surface area contributed by atoms with E-state index in [1.807, 2.05) is 0 Å². The molecule has 1 unspecified atom stereocenters. The third-order valence-corrected chi connectivity index (χ3v) is 7.73. The van der Waals surface area contributed by atoms with Gasteiger partial charge in [0.05, 0.1) is 0 Å². The third-order valence-electron chi connectivity index (χ3n) is 5.69. The minimum Gasteiger partial charge on any atom is -0.195 e. The summed E-state index contributed by atoms with van der Waals surface area (Å²) in [4.78, 5) is 0. The largest absolute Gasteiger partial charge is 0.281 e. The highest BCUT2D eigenvalue weighted by molar-refractivity contribution is 7.86. The van der Waals surface area contributed by atoms with E-state index in [9.17, 15) is 8.42 Å². The summed E-state index contributed by atoms with van der Waals surface area (Å²) in [6, 6.07) is 0.209. The lowest BCUT2D eigenvalue weighted by Crippen LogP contribution is -2.47. The average molecular weight is 331 g/mol. The van der Waals surface area contributed by atoms with Gasteiger partial charge in [-0.1, -0.05) is 40.0 Å². The summed E-state index contributed by atoms with van der Waals surface area (Å²) in [6.45, 7) is 8.19. The molecule has 0 amide bonds. The van der Waals surface area contributed by atoms with E-state index in [4.69, 9.17) is 0 Å². The van der Waals surface area contributed by atoms with E-state index in [0.29, 0.717) is 19.0 Å². The Bertz CT molecular complexity index is 450. The molecular formula is C17H34N2O2S. The van der Waals surface area contributed by atoms with E-state index < -0.39 is 10.2 Å². The molecule has 2 rings (SSSR count).